The lowest BCUT2D eigenvalue weighted by molar-refractivity contribution is 1.10. The highest BCUT2D eigenvalue weighted by Gasteiger charge is 1.99. The Balaban J connectivity index is 2.04. The third-order valence-electron chi connectivity index (χ3n) is 2.78. The minimum Gasteiger partial charge on any atom is -0.380 e. The van der Waals surface area contributed by atoms with E-state index in [4.69, 9.17) is 0 Å². The Morgan fingerprint density at radius 2 is 2.12 bits per heavy atom. The van der Waals surface area contributed by atoms with Crippen LogP contribution in [0, 0.1) is 6.92 Å². The quantitative estimate of drug-likeness (QED) is 0.830. The van der Waals surface area contributed by atoms with Gasteiger partial charge in [-0.25, -0.2) is 0 Å². The summed E-state index contributed by atoms with van der Waals surface area (Å²) in [5.74, 6) is 0. The van der Waals surface area contributed by atoms with Gasteiger partial charge in [-0.05, 0) is 48.1 Å². The molecule has 1 heterocycles. The van der Waals surface area contributed by atoms with E-state index in [-0.39, 0.29) is 0 Å². The van der Waals surface area contributed by atoms with Gasteiger partial charge in [0, 0.05) is 17.1 Å². The Morgan fingerprint density at radius 3 is 2.81 bits per heavy atom. The Hall–Kier alpha value is -1.28. The third-order valence-corrected chi connectivity index (χ3v) is 3.65. The molecule has 0 atom stereocenters. The van der Waals surface area contributed by atoms with Crippen LogP contribution < -0.4 is 5.32 Å². The van der Waals surface area contributed by atoms with Gasteiger partial charge in [0.25, 0.3) is 0 Å². The Labute approximate surface area is 101 Å². The van der Waals surface area contributed by atoms with Crippen molar-refractivity contribution in [3.8, 4) is 0 Å². The molecule has 0 saturated heterocycles. The van der Waals surface area contributed by atoms with Crippen LogP contribution in [0.3, 0.4) is 0 Å². The molecule has 0 bridgehead atoms. The lowest BCUT2D eigenvalue weighted by Crippen LogP contribution is -1.98. The van der Waals surface area contributed by atoms with Gasteiger partial charge < -0.3 is 5.32 Å². The molecule has 1 nitrogen and oxygen atoms in total. The average Bonchev–Trinajstić information content (AvgIpc) is 2.81. The molecule has 16 heavy (non-hydrogen) atoms. The van der Waals surface area contributed by atoms with Crippen LogP contribution in [-0.4, -0.2) is 0 Å². The number of benzene rings is 1. The Morgan fingerprint density at radius 1 is 1.25 bits per heavy atom. The molecule has 1 N–H and O–H groups in total. The van der Waals surface area contributed by atoms with Crippen LogP contribution in [0.1, 0.15) is 22.9 Å². The second kappa shape index (κ2) is 5.17. The monoisotopic (exact) mass is 231 g/mol. The number of hydrogen-bond acceptors (Lipinski definition) is 2. The first-order valence-electron chi connectivity index (χ1n) is 5.65. The summed E-state index contributed by atoms with van der Waals surface area (Å²) in [5.41, 5.74) is 4.02. The first-order valence-corrected chi connectivity index (χ1v) is 6.53. The van der Waals surface area contributed by atoms with Crippen molar-refractivity contribution in [1.29, 1.82) is 0 Å². The molecule has 0 saturated carbocycles. The van der Waals surface area contributed by atoms with Crippen molar-refractivity contribution >= 4 is 17.0 Å². The average molecular weight is 231 g/mol. The molecule has 0 spiro atoms. The van der Waals surface area contributed by atoms with Gasteiger partial charge >= 0.3 is 0 Å². The maximum atomic E-state index is 3.46. The number of thiophene rings is 1. The van der Waals surface area contributed by atoms with Gasteiger partial charge in [-0.3, -0.25) is 0 Å². The summed E-state index contributed by atoms with van der Waals surface area (Å²) in [6.45, 7) is 5.29. The molecule has 0 amide bonds. The minimum absolute atomic E-state index is 0.921. The third kappa shape index (κ3) is 2.64. The van der Waals surface area contributed by atoms with Crippen LogP contribution in [0.4, 0.5) is 5.69 Å². The van der Waals surface area contributed by atoms with Crippen molar-refractivity contribution in [2.75, 3.05) is 5.32 Å². The van der Waals surface area contributed by atoms with Gasteiger partial charge in [0.1, 0.15) is 0 Å². The molecule has 0 fully saturated rings. The first-order chi connectivity index (χ1) is 7.79. The number of hydrogen-bond donors (Lipinski definition) is 1. The second-order valence-electron chi connectivity index (χ2n) is 3.93. The fourth-order valence-electron chi connectivity index (χ4n) is 1.76. The van der Waals surface area contributed by atoms with Crippen LogP contribution >= 0.6 is 11.3 Å². The van der Waals surface area contributed by atoms with Crippen LogP contribution in [-0.2, 0) is 13.0 Å². The second-order valence-corrected chi connectivity index (χ2v) is 4.96. The van der Waals surface area contributed by atoms with Crippen LogP contribution in [0.25, 0.3) is 0 Å². The molecule has 1 aromatic carbocycles. The molecule has 0 aliphatic heterocycles. The highest BCUT2D eigenvalue weighted by Crippen LogP contribution is 2.17. The standard InChI is InChI=1S/C14H17NS/c1-3-12-9-13(7-6-11(12)2)15-10-14-5-4-8-16-14/h4-9,15H,3,10H2,1-2H3. The van der Waals surface area contributed by atoms with E-state index in [1.54, 1.807) is 11.3 Å². The normalized spacial score (nSPS) is 10.4. The van der Waals surface area contributed by atoms with Crippen molar-refractivity contribution in [2.24, 2.45) is 0 Å². The van der Waals surface area contributed by atoms with Gasteiger partial charge in [0.2, 0.25) is 0 Å². The number of aryl methyl sites for hydroxylation is 2. The summed E-state index contributed by atoms with van der Waals surface area (Å²) in [6, 6.07) is 10.8. The predicted molar refractivity (Wildman–Crippen MR) is 72.2 cm³/mol. The Kier molecular flexibility index (Phi) is 3.62. The minimum atomic E-state index is 0.921. The van der Waals surface area contributed by atoms with Crippen molar-refractivity contribution < 1.29 is 0 Å². The summed E-state index contributed by atoms with van der Waals surface area (Å²) in [6.07, 6.45) is 1.10. The van der Waals surface area contributed by atoms with Gasteiger partial charge in [-0.15, -0.1) is 11.3 Å². The van der Waals surface area contributed by atoms with Crippen molar-refractivity contribution in [3.05, 3.63) is 51.7 Å². The predicted octanol–water partition coefficient (Wildman–Crippen LogP) is 4.23. The topological polar surface area (TPSA) is 12.0 Å². The lowest BCUT2D eigenvalue weighted by Gasteiger charge is -2.09. The molecule has 2 heteroatoms. The van der Waals surface area contributed by atoms with Crippen molar-refractivity contribution in [3.63, 3.8) is 0 Å². The molecule has 1 aromatic heterocycles. The summed E-state index contributed by atoms with van der Waals surface area (Å²) >= 11 is 1.79. The molecule has 0 aliphatic rings. The van der Waals surface area contributed by atoms with E-state index in [0.29, 0.717) is 0 Å². The zero-order chi connectivity index (χ0) is 11.4. The summed E-state index contributed by atoms with van der Waals surface area (Å²) in [5, 5.41) is 5.57. The molecule has 0 unspecified atom stereocenters. The van der Waals surface area contributed by atoms with Crippen molar-refractivity contribution in [2.45, 2.75) is 26.8 Å². The smallest absolute Gasteiger partial charge is 0.0494 e. The molecular formula is C14H17NS. The van der Waals surface area contributed by atoms with Crippen LogP contribution in [0.5, 0.6) is 0 Å². The molecule has 84 valence electrons. The van der Waals surface area contributed by atoms with E-state index in [0.717, 1.165) is 13.0 Å². The van der Waals surface area contributed by atoms with Gasteiger partial charge in [-0.1, -0.05) is 19.1 Å². The first kappa shape index (κ1) is 11.2. The van der Waals surface area contributed by atoms with E-state index < -0.39 is 0 Å². The molecule has 0 aliphatic carbocycles. The van der Waals surface area contributed by atoms with Crippen LogP contribution in [0.2, 0.25) is 0 Å². The summed E-state index contributed by atoms with van der Waals surface area (Å²) < 4.78 is 0. The molecule has 0 radical (unpaired) electrons. The maximum Gasteiger partial charge on any atom is 0.0494 e. The SMILES string of the molecule is CCc1cc(NCc2cccs2)ccc1C. The number of nitrogens with one attached hydrogen (secondary N) is 1. The fourth-order valence-corrected chi connectivity index (χ4v) is 2.41. The summed E-state index contributed by atoms with van der Waals surface area (Å²) in [4.78, 5) is 1.37. The van der Waals surface area contributed by atoms with Gasteiger partial charge in [0.15, 0.2) is 0 Å². The zero-order valence-corrected chi connectivity index (χ0v) is 10.6. The highest BCUT2D eigenvalue weighted by molar-refractivity contribution is 7.09. The summed E-state index contributed by atoms with van der Waals surface area (Å²) in [7, 11) is 0. The van der Waals surface area contributed by atoms with Crippen LogP contribution in [0.15, 0.2) is 35.7 Å². The molecular weight excluding hydrogens is 214 g/mol. The van der Waals surface area contributed by atoms with E-state index in [1.807, 2.05) is 0 Å². The van der Waals surface area contributed by atoms with Gasteiger partial charge in [-0.2, -0.15) is 0 Å². The van der Waals surface area contributed by atoms with E-state index in [1.165, 1.54) is 21.7 Å². The van der Waals surface area contributed by atoms with Crippen molar-refractivity contribution in [1.82, 2.24) is 0 Å². The largest absolute Gasteiger partial charge is 0.380 e. The number of rotatable bonds is 4. The number of anilines is 1. The highest BCUT2D eigenvalue weighted by atomic mass is 32.1. The van der Waals surface area contributed by atoms with E-state index in [9.17, 15) is 0 Å². The molecule has 2 rings (SSSR count). The van der Waals surface area contributed by atoms with E-state index >= 15 is 0 Å². The molecule has 2 aromatic rings. The zero-order valence-electron chi connectivity index (χ0n) is 9.79. The fraction of sp³-hybridized carbons (Fsp3) is 0.286. The van der Waals surface area contributed by atoms with E-state index in [2.05, 4.69) is 54.9 Å². The van der Waals surface area contributed by atoms with Gasteiger partial charge in [0.05, 0.1) is 0 Å². The Bertz CT molecular complexity index is 446. The lowest BCUT2D eigenvalue weighted by atomic mass is 10.1. The maximum absolute atomic E-state index is 3.46.